The smallest absolute Gasteiger partial charge is 0.325 e. The number of carbonyl (C=O) groups excluding carboxylic acids is 3. The van der Waals surface area contributed by atoms with Gasteiger partial charge in [0.05, 0.1) is 0 Å². The van der Waals surface area contributed by atoms with E-state index in [0.29, 0.717) is 5.56 Å². The summed E-state index contributed by atoms with van der Waals surface area (Å²) in [5, 5.41) is 2.48. The van der Waals surface area contributed by atoms with Gasteiger partial charge in [0.1, 0.15) is 13.2 Å². The van der Waals surface area contributed by atoms with Gasteiger partial charge in [-0.25, -0.2) is 0 Å². The fraction of sp³-hybridized carbons (Fsp3) is 0.286. The van der Waals surface area contributed by atoms with Crippen LogP contribution in [-0.2, 0) is 27.4 Å². The molecule has 136 valence electrons. The molecular weight excluding hydrogens is 330 g/mol. The van der Waals surface area contributed by atoms with Crippen LogP contribution in [0.1, 0.15) is 41.3 Å². The van der Waals surface area contributed by atoms with Crippen molar-refractivity contribution in [2.24, 2.45) is 0 Å². The van der Waals surface area contributed by atoms with Gasteiger partial charge in [0.15, 0.2) is 5.78 Å². The van der Waals surface area contributed by atoms with Crippen molar-refractivity contribution in [3.05, 3.63) is 71.3 Å². The minimum absolute atomic E-state index is 0.0420. The maximum absolute atomic E-state index is 12.1. The number of hydrogen-bond acceptors (Lipinski definition) is 4. The Morgan fingerprint density at radius 1 is 0.885 bits per heavy atom. The first-order chi connectivity index (χ1) is 12.6. The van der Waals surface area contributed by atoms with E-state index in [-0.39, 0.29) is 37.7 Å². The van der Waals surface area contributed by atoms with Crippen LogP contribution in [0.3, 0.4) is 0 Å². The summed E-state index contributed by atoms with van der Waals surface area (Å²) in [5.74, 6) is -0.946. The van der Waals surface area contributed by atoms with Gasteiger partial charge in [-0.05, 0) is 17.5 Å². The molecular formula is C21H23NO4. The highest BCUT2D eigenvalue weighted by molar-refractivity contribution is 5.98. The van der Waals surface area contributed by atoms with E-state index < -0.39 is 5.97 Å². The van der Waals surface area contributed by atoms with Gasteiger partial charge in [-0.15, -0.1) is 0 Å². The number of aryl methyl sites for hydroxylation is 1. The van der Waals surface area contributed by atoms with Gasteiger partial charge in [0, 0.05) is 18.4 Å². The van der Waals surface area contributed by atoms with Crippen LogP contribution in [0.15, 0.2) is 54.6 Å². The normalized spacial score (nSPS) is 10.2. The van der Waals surface area contributed by atoms with Gasteiger partial charge in [-0.1, -0.05) is 61.5 Å². The Morgan fingerprint density at radius 3 is 2.23 bits per heavy atom. The molecule has 0 radical (unpaired) electrons. The molecule has 0 fully saturated rings. The van der Waals surface area contributed by atoms with Crippen molar-refractivity contribution in [2.75, 3.05) is 6.54 Å². The lowest BCUT2D eigenvalue weighted by Gasteiger charge is -2.07. The van der Waals surface area contributed by atoms with Gasteiger partial charge >= 0.3 is 5.97 Å². The maximum atomic E-state index is 12.1. The Labute approximate surface area is 153 Å². The first-order valence-electron chi connectivity index (χ1n) is 8.67. The molecule has 0 unspecified atom stereocenters. The molecule has 1 N–H and O–H groups in total. The first-order valence-corrected chi connectivity index (χ1v) is 8.67. The van der Waals surface area contributed by atoms with Crippen molar-refractivity contribution in [3.8, 4) is 0 Å². The summed E-state index contributed by atoms with van der Waals surface area (Å²) < 4.78 is 5.07. The van der Waals surface area contributed by atoms with Crippen molar-refractivity contribution in [1.82, 2.24) is 5.32 Å². The minimum atomic E-state index is -0.510. The van der Waals surface area contributed by atoms with Crippen LogP contribution in [0.2, 0.25) is 0 Å². The molecule has 0 aliphatic carbocycles. The first kappa shape index (κ1) is 19.4. The predicted octanol–water partition coefficient (Wildman–Crippen LogP) is 3.07. The highest BCUT2D eigenvalue weighted by Crippen LogP contribution is 2.09. The standard InChI is InChI=1S/C21H23NO4/c1-2-16-8-10-18(11-9-16)19(23)12-13-20(24)22-14-21(25)26-15-17-6-4-3-5-7-17/h3-11H,2,12-15H2,1H3,(H,22,24). The zero-order chi connectivity index (χ0) is 18.8. The lowest BCUT2D eigenvalue weighted by Crippen LogP contribution is -2.30. The monoisotopic (exact) mass is 353 g/mol. The third kappa shape index (κ3) is 6.51. The average Bonchev–Trinajstić information content (AvgIpc) is 2.69. The van der Waals surface area contributed by atoms with E-state index in [1.165, 1.54) is 0 Å². The summed E-state index contributed by atoms with van der Waals surface area (Å²) >= 11 is 0. The van der Waals surface area contributed by atoms with Gasteiger partial charge in [0.2, 0.25) is 5.91 Å². The summed E-state index contributed by atoms with van der Waals surface area (Å²) in [7, 11) is 0. The molecule has 0 aliphatic heterocycles. The van der Waals surface area contributed by atoms with Crippen LogP contribution in [0, 0.1) is 0 Å². The highest BCUT2D eigenvalue weighted by atomic mass is 16.5. The molecule has 26 heavy (non-hydrogen) atoms. The summed E-state index contributed by atoms with van der Waals surface area (Å²) in [4.78, 5) is 35.5. The zero-order valence-electron chi connectivity index (χ0n) is 14.9. The topological polar surface area (TPSA) is 72.5 Å². The Morgan fingerprint density at radius 2 is 1.58 bits per heavy atom. The average molecular weight is 353 g/mol. The number of ketones is 1. The number of rotatable bonds is 9. The lowest BCUT2D eigenvalue weighted by atomic mass is 10.0. The Balaban J connectivity index is 1.66. The Kier molecular flexibility index (Phi) is 7.55. The number of carbonyl (C=O) groups is 3. The van der Waals surface area contributed by atoms with Crippen molar-refractivity contribution in [3.63, 3.8) is 0 Å². The van der Waals surface area contributed by atoms with Gasteiger partial charge < -0.3 is 10.1 Å². The summed E-state index contributed by atoms with van der Waals surface area (Å²) in [6.07, 6.45) is 1.06. The van der Waals surface area contributed by atoms with E-state index in [2.05, 4.69) is 5.32 Å². The zero-order valence-corrected chi connectivity index (χ0v) is 14.9. The molecule has 0 saturated heterocycles. The summed E-state index contributed by atoms with van der Waals surface area (Å²) in [5.41, 5.74) is 2.64. The van der Waals surface area contributed by atoms with Crippen LogP contribution in [0.5, 0.6) is 0 Å². The van der Waals surface area contributed by atoms with Crippen molar-refractivity contribution < 1.29 is 19.1 Å². The quantitative estimate of drug-likeness (QED) is 0.555. The number of nitrogens with one attached hydrogen (secondary N) is 1. The molecule has 2 rings (SSSR count). The van der Waals surface area contributed by atoms with Crippen LogP contribution in [-0.4, -0.2) is 24.2 Å². The van der Waals surface area contributed by atoms with Crippen molar-refractivity contribution in [2.45, 2.75) is 32.8 Å². The van der Waals surface area contributed by atoms with Crippen LogP contribution in [0.4, 0.5) is 0 Å². The number of ether oxygens (including phenoxy) is 1. The second kappa shape index (κ2) is 10.1. The second-order valence-electron chi connectivity index (χ2n) is 5.90. The maximum Gasteiger partial charge on any atom is 0.325 e. The molecule has 0 bridgehead atoms. The van der Waals surface area contributed by atoms with Gasteiger partial charge in [-0.3, -0.25) is 14.4 Å². The minimum Gasteiger partial charge on any atom is -0.460 e. The molecule has 5 nitrogen and oxygen atoms in total. The van der Waals surface area contributed by atoms with E-state index >= 15 is 0 Å². The molecule has 0 saturated carbocycles. The molecule has 0 aromatic heterocycles. The Bertz CT molecular complexity index is 738. The molecule has 2 aromatic rings. The second-order valence-corrected chi connectivity index (χ2v) is 5.90. The Hall–Kier alpha value is -2.95. The SMILES string of the molecule is CCc1ccc(C(=O)CCC(=O)NCC(=O)OCc2ccccc2)cc1. The van der Waals surface area contributed by atoms with E-state index in [0.717, 1.165) is 17.5 Å². The fourth-order valence-corrected chi connectivity index (χ4v) is 2.35. The molecule has 0 atom stereocenters. The molecule has 0 spiro atoms. The number of amides is 1. The van der Waals surface area contributed by atoms with E-state index in [4.69, 9.17) is 4.74 Å². The number of esters is 1. The number of benzene rings is 2. The van der Waals surface area contributed by atoms with E-state index in [1.807, 2.05) is 49.4 Å². The van der Waals surface area contributed by atoms with Crippen molar-refractivity contribution >= 4 is 17.7 Å². The van der Waals surface area contributed by atoms with Crippen LogP contribution < -0.4 is 5.32 Å². The molecule has 1 amide bonds. The molecule has 0 aliphatic rings. The number of hydrogen-bond donors (Lipinski definition) is 1. The van der Waals surface area contributed by atoms with Gasteiger partial charge in [0.25, 0.3) is 0 Å². The van der Waals surface area contributed by atoms with Gasteiger partial charge in [-0.2, -0.15) is 0 Å². The van der Waals surface area contributed by atoms with E-state index in [9.17, 15) is 14.4 Å². The number of Topliss-reactive ketones (excluding diaryl/α,β-unsaturated/α-hetero) is 1. The third-order valence-electron chi connectivity index (χ3n) is 3.94. The summed E-state index contributed by atoms with van der Waals surface area (Å²) in [6.45, 7) is 2.01. The lowest BCUT2D eigenvalue weighted by molar-refractivity contribution is -0.145. The predicted molar refractivity (Wildman–Crippen MR) is 98.6 cm³/mol. The van der Waals surface area contributed by atoms with E-state index in [1.54, 1.807) is 12.1 Å². The molecule has 5 heteroatoms. The van der Waals surface area contributed by atoms with Crippen LogP contribution in [0.25, 0.3) is 0 Å². The molecule has 2 aromatic carbocycles. The molecule has 0 heterocycles. The van der Waals surface area contributed by atoms with Crippen molar-refractivity contribution in [1.29, 1.82) is 0 Å². The summed E-state index contributed by atoms with van der Waals surface area (Å²) in [6, 6.07) is 16.7. The fourth-order valence-electron chi connectivity index (χ4n) is 2.35. The third-order valence-corrected chi connectivity index (χ3v) is 3.94. The largest absolute Gasteiger partial charge is 0.460 e. The van der Waals surface area contributed by atoms with Crippen LogP contribution >= 0.6 is 0 Å². The highest BCUT2D eigenvalue weighted by Gasteiger charge is 2.11.